The number of aromatic nitrogens is 4. The van der Waals surface area contributed by atoms with Gasteiger partial charge in [-0.3, -0.25) is 0 Å². The highest BCUT2D eigenvalue weighted by Crippen LogP contribution is 2.25. The van der Waals surface area contributed by atoms with Crippen LogP contribution in [0.25, 0.3) is 11.4 Å². The average molecular weight is 244 g/mol. The van der Waals surface area contributed by atoms with Crippen LogP contribution in [0.4, 0.5) is 0 Å². The van der Waals surface area contributed by atoms with Gasteiger partial charge in [0.25, 0.3) is 11.8 Å². The molecule has 18 heavy (non-hydrogen) atoms. The first kappa shape index (κ1) is 11.7. The number of nitrogens with zero attached hydrogens (tertiary/aromatic N) is 2. The molecule has 2 aromatic heterocycles. The van der Waals surface area contributed by atoms with Crippen molar-refractivity contribution < 1.29 is 10.2 Å². The van der Waals surface area contributed by atoms with Gasteiger partial charge in [0.1, 0.15) is 5.82 Å². The zero-order valence-corrected chi connectivity index (χ0v) is 9.41. The number of imidazole rings is 2. The van der Waals surface area contributed by atoms with E-state index >= 15 is 0 Å². The van der Waals surface area contributed by atoms with Gasteiger partial charge < -0.3 is 20.2 Å². The van der Waals surface area contributed by atoms with Crippen molar-refractivity contribution in [2.75, 3.05) is 0 Å². The highest BCUT2D eigenvalue weighted by atomic mass is 16.3. The van der Waals surface area contributed by atoms with Crippen molar-refractivity contribution in [2.45, 2.75) is 0 Å². The summed E-state index contributed by atoms with van der Waals surface area (Å²) in [5, 5.41) is 18.0. The molecule has 0 spiro atoms. The molecule has 6 heteroatoms. The van der Waals surface area contributed by atoms with Crippen molar-refractivity contribution >= 4 is 0 Å². The van der Waals surface area contributed by atoms with Crippen LogP contribution in [0.2, 0.25) is 0 Å². The monoisotopic (exact) mass is 244 g/mol. The van der Waals surface area contributed by atoms with E-state index in [9.17, 15) is 0 Å². The molecule has 0 saturated carbocycles. The Morgan fingerprint density at radius 3 is 2.28 bits per heavy atom. The lowest BCUT2D eigenvalue weighted by atomic mass is 10.2. The maximum atomic E-state index is 9.03. The maximum Gasteiger partial charge on any atom is 0.275 e. The van der Waals surface area contributed by atoms with Gasteiger partial charge in [0.15, 0.2) is 0 Å². The lowest BCUT2D eigenvalue weighted by Crippen LogP contribution is -1.77. The third-order valence-corrected chi connectivity index (χ3v) is 2.12. The first-order chi connectivity index (χ1) is 8.77. The molecule has 0 atom stereocenters. The second-order valence-corrected chi connectivity index (χ2v) is 3.38. The van der Waals surface area contributed by atoms with E-state index in [1.807, 2.05) is 30.3 Å². The van der Waals surface area contributed by atoms with Crippen LogP contribution < -0.4 is 0 Å². The van der Waals surface area contributed by atoms with Gasteiger partial charge in [-0.2, -0.15) is 4.98 Å². The predicted molar refractivity (Wildman–Crippen MR) is 65.9 cm³/mol. The summed E-state index contributed by atoms with van der Waals surface area (Å²) in [6.45, 7) is 0. The molecular formula is C12H12N4O2. The minimum atomic E-state index is -0.376. The van der Waals surface area contributed by atoms with Gasteiger partial charge in [-0.15, -0.1) is 0 Å². The number of aromatic hydroxyl groups is 2. The van der Waals surface area contributed by atoms with E-state index < -0.39 is 0 Å². The summed E-state index contributed by atoms with van der Waals surface area (Å²) in [5.74, 6) is -0.228. The molecule has 92 valence electrons. The van der Waals surface area contributed by atoms with Crippen molar-refractivity contribution in [1.82, 2.24) is 19.9 Å². The van der Waals surface area contributed by atoms with Crippen molar-refractivity contribution in [1.29, 1.82) is 0 Å². The molecule has 3 aromatic rings. The topological polar surface area (TPSA) is 97.8 Å². The molecule has 1 aromatic carbocycles. The summed E-state index contributed by atoms with van der Waals surface area (Å²) in [7, 11) is 0. The summed E-state index contributed by atoms with van der Waals surface area (Å²) < 4.78 is 0. The van der Waals surface area contributed by atoms with Crippen LogP contribution >= 0.6 is 0 Å². The smallest absolute Gasteiger partial charge is 0.275 e. The van der Waals surface area contributed by atoms with Gasteiger partial charge in [0.2, 0.25) is 0 Å². The number of benzene rings is 1. The van der Waals surface area contributed by atoms with Crippen LogP contribution in [-0.2, 0) is 0 Å². The Kier molecular flexibility index (Phi) is 3.60. The van der Waals surface area contributed by atoms with Crippen molar-refractivity contribution in [3.8, 4) is 23.1 Å². The number of H-pyrrole nitrogens is 2. The Bertz CT molecular complexity index is 539. The first-order valence-electron chi connectivity index (χ1n) is 5.23. The van der Waals surface area contributed by atoms with Gasteiger partial charge in [0.05, 0.1) is 6.33 Å². The van der Waals surface area contributed by atoms with Crippen LogP contribution in [-0.4, -0.2) is 30.1 Å². The maximum absolute atomic E-state index is 9.03. The summed E-state index contributed by atoms with van der Waals surface area (Å²) >= 11 is 0. The van der Waals surface area contributed by atoms with E-state index in [-0.39, 0.29) is 11.8 Å². The second kappa shape index (κ2) is 5.53. The molecule has 0 aliphatic heterocycles. The molecule has 4 N–H and O–H groups in total. The zero-order chi connectivity index (χ0) is 12.8. The first-order valence-corrected chi connectivity index (χ1v) is 5.23. The highest BCUT2D eigenvalue weighted by molar-refractivity contribution is 5.57. The largest absolute Gasteiger partial charge is 0.491 e. The number of rotatable bonds is 1. The molecule has 0 bridgehead atoms. The van der Waals surface area contributed by atoms with E-state index in [1.165, 1.54) is 0 Å². The Balaban J connectivity index is 0.000000202. The molecule has 2 heterocycles. The summed E-state index contributed by atoms with van der Waals surface area (Å²) in [6.07, 6.45) is 5.08. The Morgan fingerprint density at radius 1 is 1.06 bits per heavy atom. The van der Waals surface area contributed by atoms with Crippen molar-refractivity contribution in [3.05, 3.63) is 49.1 Å². The number of aromatic amines is 2. The molecule has 0 radical (unpaired) electrons. The normalized spacial score (nSPS) is 9.56. The van der Waals surface area contributed by atoms with Gasteiger partial charge >= 0.3 is 0 Å². The third-order valence-electron chi connectivity index (χ3n) is 2.12. The fourth-order valence-corrected chi connectivity index (χ4v) is 1.30. The fourth-order valence-electron chi connectivity index (χ4n) is 1.30. The molecule has 0 saturated heterocycles. The molecule has 0 fully saturated rings. The second-order valence-electron chi connectivity index (χ2n) is 3.38. The Hall–Kier alpha value is -2.76. The molecule has 0 amide bonds. The fraction of sp³-hybridized carbons (Fsp3) is 0. The van der Waals surface area contributed by atoms with Gasteiger partial charge in [-0.25, -0.2) is 4.98 Å². The van der Waals surface area contributed by atoms with E-state index in [4.69, 9.17) is 10.2 Å². The number of nitrogens with one attached hydrogen (secondary N) is 2. The number of hydrogen-bond acceptors (Lipinski definition) is 4. The van der Waals surface area contributed by atoms with Crippen LogP contribution in [0.3, 0.4) is 0 Å². The SMILES string of the molecule is Oc1nc(-c2ccccc2)[nH]c1O.c1c[nH]cn1. The van der Waals surface area contributed by atoms with E-state index in [1.54, 1.807) is 18.7 Å². The summed E-state index contributed by atoms with van der Waals surface area (Å²) in [5.41, 5.74) is 0.818. The van der Waals surface area contributed by atoms with Crippen LogP contribution in [0.5, 0.6) is 11.8 Å². The molecular weight excluding hydrogens is 232 g/mol. The Labute approximate surface area is 103 Å². The zero-order valence-electron chi connectivity index (χ0n) is 9.41. The Morgan fingerprint density at radius 2 is 1.83 bits per heavy atom. The predicted octanol–water partition coefficient (Wildman–Crippen LogP) is 1.90. The van der Waals surface area contributed by atoms with Crippen molar-refractivity contribution in [3.63, 3.8) is 0 Å². The highest BCUT2D eigenvalue weighted by Gasteiger charge is 2.07. The summed E-state index contributed by atoms with van der Waals surface area (Å²) in [4.78, 5) is 12.7. The molecule has 0 unspecified atom stereocenters. The quantitative estimate of drug-likeness (QED) is 0.525. The minimum absolute atomic E-state index is 0.307. The van der Waals surface area contributed by atoms with Crippen LogP contribution in [0.1, 0.15) is 0 Å². The number of hydrogen-bond donors (Lipinski definition) is 4. The van der Waals surface area contributed by atoms with E-state index in [0.717, 1.165) is 5.56 Å². The summed E-state index contributed by atoms with van der Waals surface area (Å²) in [6, 6.07) is 9.25. The molecule has 3 rings (SSSR count). The third kappa shape index (κ3) is 2.88. The lowest BCUT2D eigenvalue weighted by Gasteiger charge is -1.92. The molecule has 0 aliphatic carbocycles. The van der Waals surface area contributed by atoms with E-state index in [2.05, 4.69) is 19.9 Å². The van der Waals surface area contributed by atoms with Crippen LogP contribution in [0, 0.1) is 0 Å². The van der Waals surface area contributed by atoms with Gasteiger partial charge in [0, 0.05) is 18.0 Å². The minimum Gasteiger partial charge on any atom is -0.491 e. The van der Waals surface area contributed by atoms with Crippen LogP contribution in [0.15, 0.2) is 49.1 Å². The molecule has 6 nitrogen and oxygen atoms in total. The van der Waals surface area contributed by atoms with Crippen molar-refractivity contribution in [2.24, 2.45) is 0 Å². The van der Waals surface area contributed by atoms with Gasteiger partial charge in [-0.05, 0) is 0 Å². The average Bonchev–Trinajstić information content (AvgIpc) is 3.05. The molecule has 0 aliphatic rings. The standard InChI is InChI=1S/C9H8N2O2.C3H4N2/c12-8-9(13)11-7(10-8)6-4-2-1-3-5-6;1-2-5-3-4-1/h1-5,12-13H,(H,10,11);1-3H,(H,4,5). The van der Waals surface area contributed by atoms with Gasteiger partial charge in [-0.1, -0.05) is 30.3 Å². The van der Waals surface area contributed by atoms with E-state index in [0.29, 0.717) is 5.82 Å². The lowest BCUT2D eigenvalue weighted by molar-refractivity contribution is 0.386.